The van der Waals surface area contributed by atoms with E-state index in [1.165, 1.54) is 437 Å². The van der Waals surface area contributed by atoms with Crippen LogP contribution in [-0.4, -0.2) is 47.4 Å². The van der Waals surface area contributed by atoms with Crippen LogP contribution in [0.3, 0.4) is 0 Å². The van der Waals surface area contributed by atoms with Gasteiger partial charge in [-0.3, -0.25) is 9.59 Å². The Morgan fingerprint density at radius 3 is 0.739 bits per heavy atom. The fourth-order valence-electron chi connectivity index (χ4n) is 14.1. The van der Waals surface area contributed by atoms with Crippen LogP contribution in [0.15, 0.2) is 12.2 Å². The van der Waals surface area contributed by atoms with E-state index in [9.17, 15) is 19.8 Å². The molecule has 0 radical (unpaired) electrons. The number of hydrogen-bond acceptors (Lipinski definition) is 5. The molecule has 1 amide bonds. The van der Waals surface area contributed by atoms with Crippen LogP contribution in [0.4, 0.5) is 0 Å². The van der Waals surface area contributed by atoms with Crippen LogP contribution in [0.2, 0.25) is 0 Å². The maximum absolute atomic E-state index is 12.5. The van der Waals surface area contributed by atoms with E-state index in [4.69, 9.17) is 4.74 Å². The summed E-state index contributed by atoms with van der Waals surface area (Å²) in [6.45, 7) is 4.98. The van der Waals surface area contributed by atoms with E-state index in [1.54, 1.807) is 6.08 Å². The van der Waals surface area contributed by atoms with Crippen molar-refractivity contribution in [1.82, 2.24) is 5.32 Å². The highest BCUT2D eigenvalue weighted by molar-refractivity contribution is 5.76. The molecule has 92 heavy (non-hydrogen) atoms. The second-order valence-corrected chi connectivity index (χ2v) is 29.9. The van der Waals surface area contributed by atoms with E-state index in [2.05, 4.69) is 19.2 Å². The number of esters is 1. The molecule has 0 aliphatic rings. The van der Waals surface area contributed by atoms with Crippen LogP contribution in [0, 0.1) is 0 Å². The Morgan fingerprint density at radius 2 is 0.500 bits per heavy atom. The molecular weight excluding hydrogens is 1130 g/mol. The zero-order chi connectivity index (χ0) is 66.3. The van der Waals surface area contributed by atoms with Gasteiger partial charge in [-0.15, -0.1) is 0 Å². The minimum absolute atomic E-state index is 0.0290. The van der Waals surface area contributed by atoms with Crippen molar-refractivity contribution in [3.05, 3.63) is 12.2 Å². The lowest BCUT2D eigenvalue weighted by Crippen LogP contribution is -2.45. The first-order valence-corrected chi connectivity index (χ1v) is 43.0. The molecule has 0 aromatic rings. The summed E-state index contributed by atoms with van der Waals surface area (Å²) in [5, 5.41) is 23.3. The molecule has 3 N–H and O–H groups in total. The van der Waals surface area contributed by atoms with E-state index >= 15 is 0 Å². The minimum Gasteiger partial charge on any atom is -0.466 e. The summed E-state index contributed by atoms with van der Waals surface area (Å²) in [5.41, 5.74) is 0. The molecule has 6 heteroatoms. The Labute approximate surface area is 578 Å². The maximum atomic E-state index is 12.5. The number of aliphatic hydroxyl groups is 2. The first-order chi connectivity index (χ1) is 45.5. The van der Waals surface area contributed by atoms with E-state index in [0.717, 1.165) is 38.5 Å². The van der Waals surface area contributed by atoms with Crippen molar-refractivity contribution in [2.45, 2.75) is 514 Å². The summed E-state index contributed by atoms with van der Waals surface area (Å²) in [6, 6.07) is -0.624. The molecule has 0 saturated heterocycles. The lowest BCUT2D eigenvalue weighted by Gasteiger charge is -2.20. The zero-order valence-electron chi connectivity index (χ0n) is 63.1. The van der Waals surface area contributed by atoms with E-state index in [1.807, 2.05) is 6.08 Å². The molecule has 2 atom stereocenters. The molecule has 0 aliphatic carbocycles. The molecule has 0 aromatic heterocycles. The summed E-state index contributed by atoms with van der Waals surface area (Å²) < 4.78 is 5.52. The highest BCUT2D eigenvalue weighted by atomic mass is 16.5. The Kier molecular flexibility index (Phi) is 80.8. The minimum atomic E-state index is -0.841. The van der Waals surface area contributed by atoms with Crippen LogP contribution >= 0.6 is 0 Å². The topological polar surface area (TPSA) is 95.9 Å². The van der Waals surface area contributed by atoms with Crippen molar-refractivity contribution in [3.8, 4) is 0 Å². The summed E-state index contributed by atoms with van der Waals surface area (Å²) in [4.78, 5) is 24.7. The van der Waals surface area contributed by atoms with E-state index in [-0.39, 0.29) is 18.5 Å². The number of hydrogen-bond donors (Lipinski definition) is 3. The number of amides is 1. The van der Waals surface area contributed by atoms with Crippen molar-refractivity contribution in [2.24, 2.45) is 0 Å². The standard InChI is InChI=1S/C86H169NO5/c1-3-5-7-9-11-13-15-17-19-21-23-43-46-50-54-58-62-66-70-74-78-84(89)83(82-88)87-85(90)79-75-71-67-63-59-55-51-47-44-41-39-37-35-33-31-29-27-25-24-26-28-30-32-34-36-38-40-42-45-49-53-57-61-65-69-73-77-81-92-86(91)80-76-72-68-64-60-56-52-48-22-20-18-16-14-12-10-8-6-4-2/h74,78,83-84,88-89H,3-73,75-77,79-82H2,1-2H3,(H,87,90)/b78-74+. The average molecular weight is 1300 g/mol. The molecule has 548 valence electrons. The molecule has 6 nitrogen and oxygen atoms in total. The fourth-order valence-corrected chi connectivity index (χ4v) is 14.1. The summed E-state index contributed by atoms with van der Waals surface area (Å²) in [7, 11) is 0. The normalized spacial score (nSPS) is 12.4. The molecule has 0 heterocycles. The Balaban J connectivity index is 3.30. The van der Waals surface area contributed by atoms with Crippen molar-refractivity contribution >= 4 is 11.9 Å². The maximum Gasteiger partial charge on any atom is 0.305 e. The number of unbranched alkanes of at least 4 members (excludes halogenated alkanes) is 71. The quantitative estimate of drug-likeness (QED) is 0.0320. The highest BCUT2D eigenvalue weighted by Gasteiger charge is 2.18. The van der Waals surface area contributed by atoms with Crippen molar-refractivity contribution in [3.63, 3.8) is 0 Å². The van der Waals surface area contributed by atoms with Gasteiger partial charge in [0.1, 0.15) is 0 Å². The van der Waals surface area contributed by atoms with E-state index in [0.29, 0.717) is 19.4 Å². The van der Waals surface area contributed by atoms with Gasteiger partial charge >= 0.3 is 5.97 Å². The fraction of sp³-hybridized carbons (Fsp3) is 0.953. The van der Waals surface area contributed by atoms with Crippen LogP contribution in [-0.2, 0) is 14.3 Å². The monoisotopic (exact) mass is 1300 g/mol. The van der Waals surface area contributed by atoms with Gasteiger partial charge in [-0.25, -0.2) is 0 Å². The molecule has 0 bridgehead atoms. The summed E-state index contributed by atoms with van der Waals surface area (Å²) in [5.74, 6) is -0.0279. The number of allylic oxidation sites excluding steroid dienone is 1. The summed E-state index contributed by atoms with van der Waals surface area (Å²) in [6.07, 6.45) is 105. The molecule has 0 aliphatic heterocycles. The SMILES string of the molecule is CCCCCCCCCCCCCCCCCCCC/C=C/C(O)C(CO)NC(=O)CCCCCCCCCCCCCCCCCCCCCCCCCCCCCCCCCCCCCCCOC(=O)CCCCCCCCCCCCCCCCCCCC. The molecule has 0 spiro atoms. The largest absolute Gasteiger partial charge is 0.466 e. The van der Waals surface area contributed by atoms with Gasteiger partial charge < -0.3 is 20.3 Å². The predicted molar refractivity (Wildman–Crippen MR) is 407 cm³/mol. The van der Waals surface area contributed by atoms with Crippen LogP contribution in [0.5, 0.6) is 0 Å². The lowest BCUT2D eigenvalue weighted by molar-refractivity contribution is -0.143. The third-order valence-corrected chi connectivity index (χ3v) is 20.6. The summed E-state index contributed by atoms with van der Waals surface area (Å²) >= 11 is 0. The smallest absolute Gasteiger partial charge is 0.305 e. The predicted octanol–water partition coefficient (Wildman–Crippen LogP) is 28.6. The second kappa shape index (κ2) is 82.0. The van der Waals surface area contributed by atoms with Gasteiger partial charge in [0.15, 0.2) is 0 Å². The van der Waals surface area contributed by atoms with Gasteiger partial charge in [0.05, 0.1) is 25.4 Å². The molecule has 0 saturated carbocycles. The van der Waals surface area contributed by atoms with E-state index < -0.39 is 12.1 Å². The Hall–Kier alpha value is -1.40. The van der Waals surface area contributed by atoms with Crippen molar-refractivity contribution < 1.29 is 24.5 Å². The molecule has 0 fully saturated rings. The first-order valence-electron chi connectivity index (χ1n) is 43.0. The van der Waals surface area contributed by atoms with Crippen molar-refractivity contribution in [2.75, 3.05) is 13.2 Å². The third-order valence-electron chi connectivity index (χ3n) is 20.6. The van der Waals surface area contributed by atoms with Gasteiger partial charge in [0, 0.05) is 12.8 Å². The first kappa shape index (κ1) is 90.6. The second-order valence-electron chi connectivity index (χ2n) is 29.9. The van der Waals surface area contributed by atoms with Gasteiger partial charge in [-0.1, -0.05) is 469 Å². The highest BCUT2D eigenvalue weighted by Crippen LogP contribution is 2.21. The number of nitrogens with one attached hydrogen (secondary N) is 1. The Bertz CT molecular complexity index is 1400. The number of ether oxygens (including phenoxy) is 1. The zero-order valence-corrected chi connectivity index (χ0v) is 63.1. The third kappa shape index (κ3) is 77.6. The number of aliphatic hydroxyl groups excluding tert-OH is 2. The van der Waals surface area contributed by atoms with Crippen LogP contribution in [0.1, 0.15) is 502 Å². The van der Waals surface area contributed by atoms with Crippen molar-refractivity contribution in [1.29, 1.82) is 0 Å². The Morgan fingerprint density at radius 1 is 0.293 bits per heavy atom. The van der Waals surface area contributed by atoms with Gasteiger partial charge in [0.25, 0.3) is 0 Å². The van der Waals surface area contributed by atoms with Crippen LogP contribution < -0.4 is 5.32 Å². The molecular formula is C86H169NO5. The lowest BCUT2D eigenvalue weighted by atomic mass is 10.0. The van der Waals surface area contributed by atoms with Crippen LogP contribution in [0.25, 0.3) is 0 Å². The number of carbonyl (C=O) groups excluding carboxylic acids is 2. The molecule has 0 rings (SSSR count). The number of carbonyl (C=O) groups is 2. The van der Waals surface area contributed by atoms with Gasteiger partial charge in [0.2, 0.25) is 5.91 Å². The molecule has 2 unspecified atom stereocenters. The molecule has 0 aromatic carbocycles. The van der Waals surface area contributed by atoms with Gasteiger partial charge in [-0.05, 0) is 32.1 Å². The van der Waals surface area contributed by atoms with Gasteiger partial charge in [-0.2, -0.15) is 0 Å². The average Bonchev–Trinajstić information content (AvgIpc) is 3.40. The number of rotatable bonds is 82.